The number of benzene rings is 1. The summed E-state index contributed by atoms with van der Waals surface area (Å²) in [5.41, 5.74) is -0.190. The molecule has 3 aliphatic rings. The molecule has 0 atom stereocenters. The van der Waals surface area contributed by atoms with E-state index in [4.69, 9.17) is 21.1 Å². The number of likely N-dealkylation sites (tertiary alicyclic amines) is 1. The van der Waals surface area contributed by atoms with Crippen molar-refractivity contribution in [1.29, 1.82) is 5.26 Å². The van der Waals surface area contributed by atoms with Crippen molar-refractivity contribution in [3.05, 3.63) is 52.7 Å². The number of esters is 1. The highest BCUT2D eigenvalue weighted by molar-refractivity contribution is 6.31. The number of pyridine rings is 1. The Bertz CT molecular complexity index is 1480. The SMILES string of the molecule is CC(C)(C)OC(=O)CN1CCC(CN2CCN(c3ccc(C(=O)NC4C(C)(C)C(Oc5ccc(C#N)c(Cl)c5)C4(C)C)cn3)CC2)CC1. The van der Waals surface area contributed by atoms with Crippen LogP contribution in [0.4, 0.5) is 5.82 Å². The molecule has 1 aromatic carbocycles. The fraction of sp³-hybridized carbons (Fsp3) is 0.622. The molecule has 0 spiro atoms. The van der Waals surface area contributed by atoms with E-state index in [1.807, 2.05) is 32.9 Å². The van der Waals surface area contributed by atoms with Gasteiger partial charge in [-0.1, -0.05) is 39.3 Å². The maximum Gasteiger partial charge on any atom is 0.320 e. The minimum Gasteiger partial charge on any atom is -0.489 e. The highest BCUT2D eigenvalue weighted by Crippen LogP contribution is 2.55. The van der Waals surface area contributed by atoms with Crippen LogP contribution in [0.1, 0.15) is 77.2 Å². The van der Waals surface area contributed by atoms with Gasteiger partial charge in [0.2, 0.25) is 0 Å². The lowest BCUT2D eigenvalue weighted by Crippen LogP contribution is -2.74. The number of amides is 1. The van der Waals surface area contributed by atoms with E-state index in [0.29, 0.717) is 34.4 Å². The number of carbonyl (C=O) groups excluding carboxylic acids is 2. The van der Waals surface area contributed by atoms with Gasteiger partial charge < -0.3 is 19.7 Å². The van der Waals surface area contributed by atoms with Crippen LogP contribution in [0.2, 0.25) is 5.02 Å². The van der Waals surface area contributed by atoms with Gasteiger partial charge in [-0.3, -0.25) is 19.4 Å². The lowest BCUT2D eigenvalue weighted by Gasteiger charge is -2.63. The molecule has 2 saturated heterocycles. The van der Waals surface area contributed by atoms with Gasteiger partial charge in [0.1, 0.15) is 29.3 Å². The molecule has 1 N–H and O–H groups in total. The number of nitrogens with zero attached hydrogens (tertiary/aromatic N) is 5. The summed E-state index contributed by atoms with van der Waals surface area (Å²) in [6, 6.07) is 10.9. The first kappa shape index (κ1) is 35.9. The molecule has 2 aromatic rings. The van der Waals surface area contributed by atoms with Crippen LogP contribution in [0.15, 0.2) is 36.5 Å². The summed E-state index contributed by atoms with van der Waals surface area (Å²) in [4.78, 5) is 37.3. The zero-order valence-corrected chi connectivity index (χ0v) is 30.3. The number of nitriles is 1. The van der Waals surface area contributed by atoms with Gasteiger partial charge in [0.05, 0.1) is 22.7 Å². The zero-order chi connectivity index (χ0) is 34.9. The number of nitrogens with one attached hydrogen (secondary N) is 1. The summed E-state index contributed by atoms with van der Waals surface area (Å²) in [5.74, 6) is 1.84. The first-order valence-corrected chi connectivity index (χ1v) is 17.5. The van der Waals surface area contributed by atoms with Crippen molar-refractivity contribution in [3.8, 4) is 11.8 Å². The van der Waals surface area contributed by atoms with Crippen molar-refractivity contribution in [1.82, 2.24) is 20.1 Å². The molecule has 0 radical (unpaired) electrons. The molecule has 3 heterocycles. The van der Waals surface area contributed by atoms with Crippen molar-refractivity contribution in [2.24, 2.45) is 16.7 Å². The van der Waals surface area contributed by atoms with Crippen molar-refractivity contribution in [2.45, 2.75) is 79.1 Å². The number of hydrogen-bond acceptors (Lipinski definition) is 9. The predicted octanol–water partition coefficient (Wildman–Crippen LogP) is 5.39. The number of rotatable bonds is 9. The summed E-state index contributed by atoms with van der Waals surface area (Å²) in [6.45, 7) is 21.2. The average Bonchev–Trinajstić information content (AvgIpc) is 3.02. The minimum absolute atomic E-state index is 0.124. The zero-order valence-electron chi connectivity index (χ0n) is 29.5. The average molecular weight is 679 g/mol. The second kappa shape index (κ2) is 14.2. The number of halogens is 1. The Balaban J connectivity index is 1.06. The lowest BCUT2D eigenvalue weighted by atomic mass is 9.49. The van der Waals surface area contributed by atoms with Crippen LogP contribution in [0.25, 0.3) is 0 Å². The van der Waals surface area contributed by atoms with Gasteiger partial charge in [0.25, 0.3) is 5.91 Å². The van der Waals surface area contributed by atoms with Gasteiger partial charge in [0.15, 0.2) is 0 Å². The molecule has 5 rings (SSSR count). The van der Waals surface area contributed by atoms with Gasteiger partial charge >= 0.3 is 5.97 Å². The molecular formula is C37H51ClN6O4. The fourth-order valence-electron chi connectivity index (χ4n) is 7.93. The molecule has 3 fully saturated rings. The van der Waals surface area contributed by atoms with E-state index in [9.17, 15) is 14.9 Å². The summed E-state index contributed by atoms with van der Waals surface area (Å²) < 4.78 is 11.8. The molecule has 0 bridgehead atoms. The Morgan fingerprint density at radius 1 is 1.00 bits per heavy atom. The second-order valence-electron chi connectivity index (χ2n) is 15.8. The van der Waals surface area contributed by atoms with E-state index in [-0.39, 0.29) is 34.9 Å². The van der Waals surface area contributed by atoms with Crippen molar-refractivity contribution >= 4 is 29.3 Å². The van der Waals surface area contributed by atoms with Crippen molar-refractivity contribution < 1.29 is 19.1 Å². The van der Waals surface area contributed by atoms with Crippen LogP contribution in [0.5, 0.6) is 5.75 Å². The number of hydrogen-bond donors (Lipinski definition) is 1. The van der Waals surface area contributed by atoms with E-state index in [1.165, 1.54) is 0 Å². The monoisotopic (exact) mass is 678 g/mol. The molecule has 1 saturated carbocycles. The molecule has 10 nitrogen and oxygen atoms in total. The maximum absolute atomic E-state index is 13.4. The molecule has 1 aliphatic carbocycles. The normalized spacial score (nSPS) is 23.1. The Morgan fingerprint density at radius 2 is 1.67 bits per heavy atom. The summed E-state index contributed by atoms with van der Waals surface area (Å²) in [5, 5.41) is 12.8. The van der Waals surface area contributed by atoms with Gasteiger partial charge in [-0.2, -0.15) is 5.26 Å². The second-order valence-corrected chi connectivity index (χ2v) is 16.2. The molecular weight excluding hydrogens is 628 g/mol. The Kier molecular flexibility index (Phi) is 10.6. The van der Waals surface area contributed by atoms with Crippen molar-refractivity contribution in [3.63, 3.8) is 0 Å². The Morgan fingerprint density at radius 3 is 2.23 bits per heavy atom. The van der Waals surface area contributed by atoms with E-state index in [1.54, 1.807) is 24.4 Å². The summed E-state index contributed by atoms with van der Waals surface area (Å²) in [6.07, 6.45) is 3.70. The van der Waals surface area contributed by atoms with Gasteiger partial charge in [0, 0.05) is 61.9 Å². The van der Waals surface area contributed by atoms with Gasteiger partial charge in [-0.25, -0.2) is 4.98 Å². The van der Waals surface area contributed by atoms with Crippen LogP contribution in [0, 0.1) is 28.1 Å². The maximum atomic E-state index is 13.4. The third kappa shape index (κ3) is 8.24. The number of aromatic nitrogens is 1. The molecule has 1 aromatic heterocycles. The summed E-state index contributed by atoms with van der Waals surface area (Å²) in [7, 11) is 0. The van der Waals surface area contributed by atoms with Crippen molar-refractivity contribution in [2.75, 3.05) is 57.3 Å². The third-order valence-corrected chi connectivity index (χ3v) is 10.4. The van der Waals surface area contributed by atoms with Crippen LogP contribution in [-0.2, 0) is 9.53 Å². The number of piperazine rings is 1. The van der Waals surface area contributed by atoms with E-state index >= 15 is 0 Å². The lowest BCUT2D eigenvalue weighted by molar-refractivity contribution is -0.164. The predicted molar refractivity (Wildman–Crippen MR) is 187 cm³/mol. The minimum atomic E-state index is -0.443. The number of carbonyl (C=O) groups is 2. The van der Waals surface area contributed by atoms with Gasteiger partial charge in [-0.15, -0.1) is 0 Å². The van der Waals surface area contributed by atoms with E-state index in [2.05, 4.69) is 58.8 Å². The Labute approximate surface area is 290 Å². The standard InChI is InChI=1S/C37H51ClN6O4/c1-35(2,3)48-31(45)24-42-14-12-25(13-15-42)23-43-16-18-44(19-17-43)30-11-9-27(22-40-30)32(46)41-33-36(4,5)34(37(33,6)7)47-28-10-8-26(21-39)29(38)20-28/h8-11,20,22,25,33-34H,12-19,23-24H2,1-7H3,(H,41,46). The highest BCUT2D eigenvalue weighted by atomic mass is 35.5. The third-order valence-electron chi connectivity index (χ3n) is 10.1. The van der Waals surface area contributed by atoms with E-state index in [0.717, 1.165) is 64.5 Å². The summed E-state index contributed by atoms with van der Waals surface area (Å²) >= 11 is 6.23. The molecule has 0 unspecified atom stereocenters. The van der Waals surface area contributed by atoms with Crippen LogP contribution < -0.4 is 15.0 Å². The smallest absolute Gasteiger partial charge is 0.320 e. The van der Waals surface area contributed by atoms with Gasteiger partial charge in [-0.05, 0) is 76.9 Å². The first-order valence-electron chi connectivity index (χ1n) is 17.1. The van der Waals surface area contributed by atoms with Crippen LogP contribution in [0.3, 0.4) is 0 Å². The largest absolute Gasteiger partial charge is 0.489 e. The molecule has 260 valence electrons. The quantitative estimate of drug-likeness (QED) is 0.349. The van der Waals surface area contributed by atoms with E-state index < -0.39 is 5.60 Å². The highest BCUT2D eigenvalue weighted by Gasteiger charge is 2.64. The molecule has 48 heavy (non-hydrogen) atoms. The molecule has 2 aliphatic heterocycles. The Hall–Kier alpha value is -3.39. The number of anilines is 1. The topological polar surface area (TPSA) is 111 Å². The van der Waals surface area contributed by atoms with Crippen LogP contribution in [-0.4, -0.2) is 96.8 Å². The van der Waals surface area contributed by atoms with Crippen LogP contribution >= 0.6 is 11.6 Å². The molecule has 1 amide bonds. The molecule has 11 heteroatoms. The first-order chi connectivity index (χ1) is 22.6. The fourth-order valence-corrected chi connectivity index (χ4v) is 8.14. The number of ether oxygens (including phenoxy) is 2. The number of piperidine rings is 1.